The van der Waals surface area contributed by atoms with E-state index in [9.17, 15) is 9.59 Å². The first kappa shape index (κ1) is 27.4. The number of ketones is 1. The molecule has 5 rings (SSSR count). The molecule has 2 aliphatic rings. The van der Waals surface area contributed by atoms with Crippen LogP contribution < -0.4 is 24.4 Å². The second-order valence-electron chi connectivity index (χ2n) is 10.2. The van der Waals surface area contributed by atoms with Gasteiger partial charge in [0, 0.05) is 30.0 Å². The zero-order valence-corrected chi connectivity index (χ0v) is 23.5. The molecule has 0 unspecified atom stereocenters. The summed E-state index contributed by atoms with van der Waals surface area (Å²) >= 11 is 0. The summed E-state index contributed by atoms with van der Waals surface area (Å²) in [5.41, 5.74) is 3.56. The van der Waals surface area contributed by atoms with Crippen molar-refractivity contribution < 1.29 is 28.2 Å². The summed E-state index contributed by atoms with van der Waals surface area (Å²) in [6.45, 7) is 2.11. The summed E-state index contributed by atoms with van der Waals surface area (Å²) in [7, 11) is 4.67. The van der Waals surface area contributed by atoms with E-state index in [0.717, 1.165) is 42.1 Å². The molecule has 3 aromatic rings. The molecule has 1 aliphatic heterocycles. The van der Waals surface area contributed by atoms with Crippen molar-refractivity contribution >= 4 is 23.1 Å². The van der Waals surface area contributed by atoms with Crippen LogP contribution in [0.1, 0.15) is 68.7 Å². The number of Topliss-reactive ketones (excluding diaryl/α,β-unsaturated/α-hetero) is 1. The fourth-order valence-corrected chi connectivity index (χ4v) is 5.81. The quantitative estimate of drug-likeness (QED) is 0.297. The molecule has 0 saturated carbocycles. The van der Waals surface area contributed by atoms with E-state index in [1.165, 1.54) is 0 Å². The number of nitrogens with one attached hydrogen (secondary N) is 1. The molecule has 8 heteroatoms. The first-order chi connectivity index (χ1) is 19.5. The smallest absolute Gasteiger partial charge is 0.227 e. The zero-order valence-electron chi connectivity index (χ0n) is 23.5. The fraction of sp³-hybridized carbons (Fsp3) is 0.375. The van der Waals surface area contributed by atoms with Gasteiger partial charge in [-0.1, -0.05) is 31.9 Å². The van der Waals surface area contributed by atoms with Crippen LogP contribution in [0.2, 0.25) is 0 Å². The molecule has 1 aliphatic carbocycles. The Balaban J connectivity index is 1.74. The summed E-state index contributed by atoms with van der Waals surface area (Å²) in [6.07, 6.45) is 5.58. The van der Waals surface area contributed by atoms with Gasteiger partial charge in [-0.15, -0.1) is 0 Å². The molecule has 0 radical (unpaired) electrons. The van der Waals surface area contributed by atoms with Gasteiger partial charge in [0.1, 0.15) is 5.76 Å². The number of rotatable bonds is 9. The number of fused-ring (bicyclic) bond motifs is 1. The number of methoxy groups -OCH3 is 3. The van der Waals surface area contributed by atoms with E-state index in [4.69, 9.17) is 18.6 Å². The number of benzene rings is 2. The highest BCUT2D eigenvalue weighted by molar-refractivity contribution is 6.06. The minimum atomic E-state index is -0.695. The van der Waals surface area contributed by atoms with Crippen LogP contribution in [-0.4, -0.2) is 33.0 Å². The molecule has 1 amide bonds. The average molecular weight is 545 g/mol. The predicted molar refractivity (Wildman–Crippen MR) is 153 cm³/mol. The van der Waals surface area contributed by atoms with Crippen LogP contribution in [0.3, 0.4) is 0 Å². The van der Waals surface area contributed by atoms with Crippen molar-refractivity contribution in [3.63, 3.8) is 0 Å². The van der Waals surface area contributed by atoms with Crippen molar-refractivity contribution in [3.8, 4) is 17.2 Å². The van der Waals surface area contributed by atoms with E-state index in [2.05, 4.69) is 12.2 Å². The fourth-order valence-electron chi connectivity index (χ4n) is 5.81. The Morgan fingerprint density at radius 3 is 2.40 bits per heavy atom. The maximum Gasteiger partial charge on any atom is 0.227 e. The molecule has 2 aromatic carbocycles. The van der Waals surface area contributed by atoms with Crippen LogP contribution in [0.5, 0.6) is 17.2 Å². The maximum absolute atomic E-state index is 14.1. The summed E-state index contributed by atoms with van der Waals surface area (Å²) < 4.78 is 22.6. The zero-order chi connectivity index (χ0) is 28.2. The Morgan fingerprint density at radius 2 is 1.75 bits per heavy atom. The topological polar surface area (TPSA) is 90.2 Å². The van der Waals surface area contributed by atoms with Crippen molar-refractivity contribution in [2.75, 3.05) is 31.5 Å². The van der Waals surface area contributed by atoms with E-state index < -0.39 is 6.04 Å². The average Bonchev–Trinajstić information content (AvgIpc) is 3.46. The number of unbranched alkanes of at least 4 members (excludes halogenated alkanes) is 2. The van der Waals surface area contributed by atoms with Crippen molar-refractivity contribution in [2.24, 2.45) is 0 Å². The third-order valence-electron chi connectivity index (χ3n) is 7.70. The van der Waals surface area contributed by atoms with Gasteiger partial charge in [0.2, 0.25) is 11.7 Å². The number of ether oxygens (including phenoxy) is 3. The molecule has 1 N–H and O–H groups in total. The number of nitrogens with zero attached hydrogens (tertiary/aromatic N) is 1. The van der Waals surface area contributed by atoms with E-state index in [-0.39, 0.29) is 24.0 Å². The monoisotopic (exact) mass is 544 g/mol. The minimum Gasteiger partial charge on any atom is -0.493 e. The first-order valence-corrected chi connectivity index (χ1v) is 13.8. The van der Waals surface area contributed by atoms with Crippen LogP contribution in [0, 0.1) is 0 Å². The van der Waals surface area contributed by atoms with Crippen LogP contribution >= 0.6 is 0 Å². The van der Waals surface area contributed by atoms with E-state index in [1.54, 1.807) is 32.5 Å². The van der Waals surface area contributed by atoms with E-state index >= 15 is 0 Å². The molecule has 0 fully saturated rings. The third-order valence-corrected chi connectivity index (χ3v) is 7.70. The molecule has 0 saturated heterocycles. The summed E-state index contributed by atoms with van der Waals surface area (Å²) in [5, 5.41) is 3.55. The van der Waals surface area contributed by atoms with Gasteiger partial charge < -0.3 is 23.9 Å². The number of hydrogen-bond donors (Lipinski definition) is 1. The van der Waals surface area contributed by atoms with Crippen LogP contribution in [0.4, 0.5) is 11.4 Å². The van der Waals surface area contributed by atoms with Gasteiger partial charge in [-0.25, -0.2) is 0 Å². The number of carbonyl (C=O) groups excluding carboxylic acids is 2. The number of allylic oxidation sites excluding steroid dienone is 1. The Labute approximate surface area is 234 Å². The molecular weight excluding hydrogens is 508 g/mol. The number of hydrogen-bond acceptors (Lipinski definition) is 7. The lowest BCUT2D eigenvalue weighted by Crippen LogP contribution is -2.38. The highest BCUT2D eigenvalue weighted by Crippen LogP contribution is 2.50. The number of amides is 1. The second kappa shape index (κ2) is 11.9. The number of para-hydroxylation sites is 2. The predicted octanol–water partition coefficient (Wildman–Crippen LogP) is 6.79. The van der Waals surface area contributed by atoms with Crippen molar-refractivity contribution in [2.45, 2.75) is 57.4 Å². The normalized spacial score (nSPS) is 18.4. The van der Waals surface area contributed by atoms with Gasteiger partial charge >= 0.3 is 0 Å². The van der Waals surface area contributed by atoms with Gasteiger partial charge in [-0.2, -0.15) is 0 Å². The largest absolute Gasteiger partial charge is 0.493 e. The van der Waals surface area contributed by atoms with E-state index in [0.29, 0.717) is 41.2 Å². The van der Waals surface area contributed by atoms with Crippen molar-refractivity contribution in [1.82, 2.24) is 0 Å². The molecule has 2 heterocycles. The van der Waals surface area contributed by atoms with E-state index in [1.807, 2.05) is 48.5 Å². The highest BCUT2D eigenvalue weighted by atomic mass is 16.5. The van der Waals surface area contributed by atoms with Crippen molar-refractivity contribution in [3.05, 3.63) is 77.4 Å². The van der Waals surface area contributed by atoms with Crippen LogP contribution in [0.25, 0.3) is 0 Å². The standard InChI is InChI=1S/C32H36N2O6/c1-5-6-7-14-29(36)34-24-12-9-8-11-22(24)33-23-16-20(26-13-10-15-40-26)17-25(35)30(23)31(34)21-18-27(37-2)32(39-4)28(19-21)38-3/h8-13,15,18-20,31,33H,5-7,14,16-17H2,1-4H3/t20-,31-/m1/s1. The highest BCUT2D eigenvalue weighted by Gasteiger charge is 2.42. The lowest BCUT2D eigenvalue weighted by atomic mass is 9.80. The summed E-state index contributed by atoms with van der Waals surface area (Å²) in [6, 6.07) is 14.5. The van der Waals surface area contributed by atoms with Gasteiger partial charge in [0.25, 0.3) is 0 Å². The Hall–Kier alpha value is -4.20. The molecule has 1 aromatic heterocycles. The molecule has 210 valence electrons. The number of furan rings is 1. The van der Waals surface area contributed by atoms with Crippen LogP contribution in [-0.2, 0) is 9.59 Å². The Morgan fingerprint density at radius 1 is 1.00 bits per heavy atom. The molecule has 0 bridgehead atoms. The molecule has 2 atom stereocenters. The van der Waals surface area contributed by atoms with Gasteiger partial charge in [-0.05, 0) is 54.8 Å². The lowest BCUT2D eigenvalue weighted by molar-refractivity contribution is -0.119. The Kier molecular flexibility index (Phi) is 8.14. The number of anilines is 2. The van der Waals surface area contributed by atoms with Crippen LogP contribution in [0.15, 0.2) is 70.5 Å². The van der Waals surface area contributed by atoms with Crippen molar-refractivity contribution in [1.29, 1.82) is 0 Å². The molecule has 0 spiro atoms. The molecule has 8 nitrogen and oxygen atoms in total. The lowest BCUT2D eigenvalue weighted by Gasteiger charge is -2.35. The summed E-state index contributed by atoms with van der Waals surface area (Å²) in [5.74, 6) is 1.96. The van der Waals surface area contributed by atoms with Gasteiger partial charge in [0.15, 0.2) is 17.3 Å². The minimum absolute atomic E-state index is 0.0342. The second-order valence-corrected chi connectivity index (χ2v) is 10.2. The third kappa shape index (κ3) is 5.06. The molecular formula is C32H36N2O6. The molecule has 40 heavy (non-hydrogen) atoms. The van der Waals surface area contributed by atoms with Gasteiger partial charge in [0.05, 0.1) is 45.0 Å². The first-order valence-electron chi connectivity index (χ1n) is 13.8. The summed E-state index contributed by atoms with van der Waals surface area (Å²) in [4.78, 5) is 30.0. The Bertz CT molecular complexity index is 1390. The maximum atomic E-state index is 14.1. The number of carbonyl (C=O) groups is 2. The van der Waals surface area contributed by atoms with Gasteiger partial charge in [-0.3, -0.25) is 14.5 Å². The SMILES string of the molecule is CCCCCC(=O)N1c2ccccc2NC2=C(C(=O)C[C@H](c3ccco3)C2)[C@H]1c1cc(OC)c(OC)c(OC)c1.